The minimum Gasteiger partial charge on any atom is -0.478 e. The average molecular weight is 365 g/mol. The van der Waals surface area contributed by atoms with Crippen LogP contribution in [-0.4, -0.2) is 44.3 Å². The largest absolute Gasteiger partial charge is 0.478 e. The minimum absolute atomic E-state index is 0. The van der Waals surface area contributed by atoms with Crippen molar-refractivity contribution in [3.8, 4) is 0 Å². The first kappa shape index (κ1) is 17.4. The Morgan fingerprint density at radius 3 is 1.75 bits per heavy atom. The van der Waals surface area contributed by atoms with Gasteiger partial charge in [0.05, 0.1) is 6.26 Å². The maximum Gasteiger partial charge on any atom is 0.327 e. The molecular formula is C7H10O4Pb. The van der Waals surface area contributed by atoms with Crippen LogP contribution in [-0.2, 0) is 14.3 Å². The summed E-state index contributed by atoms with van der Waals surface area (Å²) in [4.78, 5) is 19.0. The number of esters is 1. The fraction of sp³-hybridized carbons (Fsp3) is 0.143. The fourth-order valence-corrected chi connectivity index (χ4v) is 0.117. The number of carbonyl (C=O) groups is 2. The zero-order valence-electron chi connectivity index (χ0n) is 6.74. The maximum atomic E-state index is 9.75. The van der Waals surface area contributed by atoms with Crippen LogP contribution in [0.2, 0.25) is 0 Å². The van der Waals surface area contributed by atoms with E-state index in [1.807, 2.05) is 0 Å². The van der Waals surface area contributed by atoms with E-state index in [0.717, 1.165) is 12.3 Å². The van der Waals surface area contributed by atoms with Gasteiger partial charge in [-0.1, -0.05) is 13.2 Å². The van der Waals surface area contributed by atoms with Crippen molar-refractivity contribution in [3.05, 3.63) is 25.5 Å². The molecule has 4 radical (unpaired) electrons. The van der Waals surface area contributed by atoms with Crippen molar-refractivity contribution in [2.45, 2.75) is 6.92 Å². The van der Waals surface area contributed by atoms with Crippen LogP contribution in [0, 0.1) is 0 Å². The molecule has 0 aromatic heterocycles. The molecule has 0 amide bonds. The molecule has 0 heterocycles. The van der Waals surface area contributed by atoms with Gasteiger partial charge in [-0.05, 0) is 0 Å². The minimum atomic E-state index is -0.981. The molecule has 12 heavy (non-hydrogen) atoms. The summed E-state index contributed by atoms with van der Waals surface area (Å²) in [5.41, 5.74) is 0. The Labute approximate surface area is 91.1 Å². The third-order valence-electron chi connectivity index (χ3n) is 0.424. The van der Waals surface area contributed by atoms with Crippen LogP contribution in [0.5, 0.6) is 0 Å². The molecular weight excluding hydrogens is 355 g/mol. The summed E-state index contributed by atoms with van der Waals surface area (Å²) < 4.78 is 4.17. The summed E-state index contributed by atoms with van der Waals surface area (Å²) in [6.45, 7) is 7.44. The van der Waals surface area contributed by atoms with Gasteiger partial charge in [0.15, 0.2) is 0 Å². The summed E-state index contributed by atoms with van der Waals surface area (Å²) >= 11 is 0. The summed E-state index contributed by atoms with van der Waals surface area (Å²) in [5.74, 6) is -1.31. The topological polar surface area (TPSA) is 63.6 Å². The summed E-state index contributed by atoms with van der Waals surface area (Å²) in [7, 11) is 0. The van der Waals surface area contributed by atoms with Crippen LogP contribution in [0.15, 0.2) is 25.5 Å². The van der Waals surface area contributed by atoms with Gasteiger partial charge in [-0.3, -0.25) is 4.79 Å². The molecule has 0 spiro atoms. The monoisotopic (exact) mass is 366 g/mol. The molecule has 0 bridgehead atoms. The van der Waals surface area contributed by atoms with Crippen LogP contribution in [0.1, 0.15) is 6.92 Å². The first-order chi connectivity index (χ1) is 5.04. The third-order valence-corrected chi connectivity index (χ3v) is 0.424. The second-order valence-corrected chi connectivity index (χ2v) is 1.32. The van der Waals surface area contributed by atoms with E-state index < -0.39 is 5.97 Å². The van der Waals surface area contributed by atoms with E-state index in [2.05, 4.69) is 17.9 Å². The first-order valence-electron chi connectivity index (χ1n) is 2.68. The molecule has 5 heteroatoms. The number of hydrogen-bond donors (Lipinski definition) is 1. The van der Waals surface area contributed by atoms with Crippen molar-refractivity contribution in [3.63, 3.8) is 0 Å². The van der Waals surface area contributed by atoms with Crippen molar-refractivity contribution < 1.29 is 19.4 Å². The molecule has 0 saturated heterocycles. The predicted molar refractivity (Wildman–Crippen MR) is 45.5 cm³/mol. The summed E-state index contributed by atoms with van der Waals surface area (Å²) in [6.07, 6.45) is 1.93. The molecule has 0 saturated carbocycles. The Bertz CT molecular complexity index is 165. The number of hydrogen-bond acceptors (Lipinski definition) is 3. The van der Waals surface area contributed by atoms with Crippen LogP contribution in [0.25, 0.3) is 0 Å². The van der Waals surface area contributed by atoms with Crippen LogP contribution < -0.4 is 0 Å². The summed E-state index contributed by atoms with van der Waals surface area (Å²) in [6, 6.07) is 0. The number of carbonyl (C=O) groups excluding carboxylic acids is 1. The number of rotatable bonds is 2. The van der Waals surface area contributed by atoms with Crippen molar-refractivity contribution in [1.82, 2.24) is 0 Å². The van der Waals surface area contributed by atoms with Gasteiger partial charge in [-0.25, -0.2) is 4.79 Å². The molecule has 4 nitrogen and oxygen atoms in total. The number of ether oxygens (including phenoxy) is 1. The van der Waals surface area contributed by atoms with Crippen LogP contribution in [0.4, 0.5) is 0 Å². The van der Waals surface area contributed by atoms with Crippen molar-refractivity contribution in [2.75, 3.05) is 0 Å². The van der Waals surface area contributed by atoms with Gasteiger partial charge in [0.25, 0.3) is 0 Å². The quantitative estimate of drug-likeness (QED) is 0.336. The molecule has 0 fully saturated rings. The van der Waals surface area contributed by atoms with Crippen LogP contribution in [0.3, 0.4) is 0 Å². The Hall–Kier alpha value is -0.658. The van der Waals surface area contributed by atoms with E-state index >= 15 is 0 Å². The van der Waals surface area contributed by atoms with E-state index in [9.17, 15) is 9.59 Å². The molecule has 0 aliphatic carbocycles. The van der Waals surface area contributed by atoms with Gasteiger partial charge in [-0.15, -0.1) is 0 Å². The van der Waals surface area contributed by atoms with Crippen molar-refractivity contribution in [2.24, 2.45) is 0 Å². The number of carboxylic acid groups (broad SMARTS) is 1. The molecule has 66 valence electrons. The van der Waals surface area contributed by atoms with Gasteiger partial charge in [0, 0.05) is 40.3 Å². The normalized spacial score (nSPS) is 6.08. The standard InChI is InChI=1S/C4H6O2.C3H4O2.Pb/c1-3-6-4(2)5;1-2-3(4)5;/h3H,1H2,2H3;2H,1H2,(H,4,5);. The zero-order valence-corrected chi connectivity index (χ0v) is 10.6. The van der Waals surface area contributed by atoms with Gasteiger partial charge >= 0.3 is 11.9 Å². The van der Waals surface area contributed by atoms with Crippen molar-refractivity contribution >= 4 is 39.2 Å². The predicted octanol–water partition coefficient (Wildman–Crippen LogP) is 0.569. The Kier molecular flexibility index (Phi) is 18.8. The smallest absolute Gasteiger partial charge is 0.327 e. The molecule has 0 aromatic carbocycles. The van der Waals surface area contributed by atoms with Gasteiger partial charge < -0.3 is 9.84 Å². The molecule has 0 rings (SSSR count). The molecule has 0 atom stereocenters. The van der Waals surface area contributed by atoms with E-state index in [1.165, 1.54) is 6.92 Å². The molecule has 1 N–H and O–H groups in total. The Morgan fingerprint density at radius 2 is 1.75 bits per heavy atom. The third kappa shape index (κ3) is 34.5. The van der Waals surface area contributed by atoms with E-state index in [-0.39, 0.29) is 33.3 Å². The number of carboxylic acids is 1. The van der Waals surface area contributed by atoms with Crippen LogP contribution >= 0.6 is 0 Å². The molecule has 0 aliphatic heterocycles. The van der Waals surface area contributed by atoms with Crippen molar-refractivity contribution in [1.29, 1.82) is 0 Å². The average Bonchev–Trinajstić information content (AvgIpc) is 1.89. The maximum absolute atomic E-state index is 9.75. The zero-order chi connectivity index (χ0) is 9.28. The second-order valence-electron chi connectivity index (χ2n) is 1.32. The SMILES string of the molecule is C=CC(=O)O.C=COC(C)=O.[Pb]. The van der Waals surface area contributed by atoms with Gasteiger partial charge in [0.2, 0.25) is 0 Å². The van der Waals surface area contributed by atoms with Gasteiger partial charge in [-0.2, -0.15) is 0 Å². The molecule has 0 aromatic rings. The van der Waals surface area contributed by atoms with E-state index in [1.54, 1.807) is 0 Å². The first-order valence-corrected chi connectivity index (χ1v) is 2.68. The molecule has 0 aliphatic rings. The number of aliphatic carboxylic acids is 1. The Balaban J connectivity index is -0.000000126. The van der Waals surface area contributed by atoms with E-state index in [0.29, 0.717) is 0 Å². The second kappa shape index (κ2) is 13.0. The van der Waals surface area contributed by atoms with Gasteiger partial charge in [0.1, 0.15) is 0 Å². The fourth-order valence-electron chi connectivity index (χ4n) is 0.117. The molecule has 0 unspecified atom stereocenters. The van der Waals surface area contributed by atoms with E-state index in [4.69, 9.17) is 5.11 Å². The Morgan fingerprint density at radius 1 is 1.42 bits per heavy atom. The summed E-state index contributed by atoms with van der Waals surface area (Å²) in [5, 5.41) is 7.60.